The number of carbonyl (C=O) groups is 2. The molecule has 3 atom stereocenters. The van der Waals surface area contributed by atoms with Crippen LogP contribution in [0, 0.1) is 5.92 Å². The van der Waals surface area contributed by atoms with Gasteiger partial charge in [-0.2, -0.15) is 0 Å². The number of likely N-dealkylation sites (tertiary alicyclic amines) is 1. The molecule has 1 aromatic rings. The molecule has 148 valence electrons. The number of carboxylic acids is 1. The highest BCUT2D eigenvalue weighted by Gasteiger charge is 2.47. The lowest BCUT2D eigenvalue weighted by molar-refractivity contribution is -0.141. The van der Waals surface area contributed by atoms with Gasteiger partial charge < -0.3 is 14.7 Å². The van der Waals surface area contributed by atoms with Crippen LogP contribution in [0.5, 0.6) is 0 Å². The van der Waals surface area contributed by atoms with Gasteiger partial charge in [0.05, 0.1) is 17.3 Å². The van der Waals surface area contributed by atoms with Crippen molar-refractivity contribution < 1.29 is 27.9 Å². The van der Waals surface area contributed by atoms with Crippen LogP contribution in [-0.2, 0) is 19.4 Å². The summed E-state index contributed by atoms with van der Waals surface area (Å²) in [7, 11) is -2.04. The molecule has 0 radical (unpaired) electrons. The minimum atomic E-state index is -3.47. The van der Waals surface area contributed by atoms with E-state index < -0.39 is 21.8 Å². The van der Waals surface area contributed by atoms with Crippen LogP contribution in [0.4, 0.5) is 0 Å². The normalized spacial score (nSPS) is 25.2. The van der Waals surface area contributed by atoms with Gasteiger partial charge in [-0.1, -0.05) is 12.8 Å². The number of ether oxygens (including phenoxy) is 1. The summed E-state index contributed by atoms with van der Waals surface area (Å²) in [6, 6.07) is 4.90. The number of nitrogens with zero attached hydrogens (tertiary/aromatic N) is 1. The van der Waals surface area contributed by atoms with Crippen LogP contribution in [-0.4, -0.2) is 61.9 Å². The third-order valence-electron chi connectivity index (χ3n) is 5.62. The molecule has 1 amide bonds. The lowest BCUT2D eigenvalue weighted by Gasteiger charge is -2.33. The maximum atomic E-state index is 13.0. The van der Waals surface area contributed by atoms with Gasteiger partial charge in [-0.05, 0) is 49.4 Å². The summed E-state index contributed by atoms with van der Waals surface area (Å²) in [5.74, 6) is -1.21. The number of amides is 1. The van der Waals surface area contributed by atoms with E-state index in [-0.39, 0.29) is 35.1 Å². The smallest absolute Gasteiger partial charge is 0.326 e. The van der Waals surface area contributed by atoms with Gasteiger partial charge in [-0.15, -0.1) is 0 Å². The van der Waals surface area contributed by atoms with Gasteiger partial charge in [-0.3, -0.25) is 4.79 Å². The first-order valence-corrected chi connectivity index (χ1v) is 10.9. The molecule has 0 bridgehead atoms. The van der Waals surface area contributed by atoms with Crippen LogP contribution in [0.3, 0.4) is 0 Å². The van der Waals surface area contributed by atoms with E-state index in [2.05, 4.69) is 0 Å². The minimum Gasteiger partial charge on any atom is -0.480 e. The Morgan fingerprint density at radius 3 is 2.48 bits per heavy atom. The zero-order chi connectivity index (χ0) is 19.6. The summed E-state index contributed by atoms with van der Waals surface area (Å²) in [5.41, 5.74) is 0.318. The molecule has 2 fully saturated rings. The molecule has 0 aromatic heterocycles. The minimum absolute atomic E-state index is 0.0440. The van der Waals surface area contributed by atoms with Crippen LogP contribution in [0.1, 0.15) is 42.5 Å². The maximum absolute atomic E-state index is 13.0. The van der Waals surface area contributed by atoms with Crippen LogP contribution < -0.4 is 0 Å². The summed E-state index contributed by atoms with van der Waals surface area (Å²) in [4.78, 5) is 26.4. The van der Waals surface area contributed by atoms with Crippen molar-refractivity contribution >= 4 is 21.7 Å². The second-order valence-corrected chi connectivity index (χ2v) is 9.36. The molecule has 3 rings (SSSR count). The van der Waals surface area contributed by atoms with Crippen LogP contribution in [0.15, 0.2) is 29.2 Å². The van der Waals surface area contributed by atoms with E-state index in [0.717, 1.165) is 25.7 Å². The topological polar surface area (TPSA) is 101 Å². The summed E-state index contributed by atoms with van der Waals surface area (Å²) in [6.07, 6.45) is 4.34. The Kier molecular flexibility index (Phi) is 5.86. The number of hydrogen-bond donors (Lipinski definition) is 1. The van der Waals surface area contributed by atoms with Gasteiger partial charge >= 0.3 is 5.97 Å². The summed E-state index contributed by atoms with van der Waals surface area (Å²) in [6.45, 7) is 0.0974. The zero-order valence-electron chi connectivity index (χ0n) is 15.3. The number of carbonyl (C=O) groups excluding carboxylic acids is 1. The average molecular weight is 395 g/mol. The highest BCUT2D eigenvalue weighted by molar-refractivity contribution is 7.91. The summed E-state index contributed by atoms with van der Waals surface area (Å²) >= 11 is 0. The van der Waals surface area contributed by atoms with Crippen LogP contribution in [0.2, 0.25) is 0 Å². The maximum Gasteiger partial charge on any atom is 0.326 e. The second kappa shape index (κ2) is 7.98. The second-order valence-electron chi connectivity index (χ2n) is 7.25. The quantitative estimate of drug-likeness (QED) is 0.790. The standard InChI is InChI=1S/C19H25NO6S/c1-26-10-11-27(24,25)15-8-6-13(7-9-15)18(21)20-16-5-3-2-4-14(16)12-17(20)19(22)23/h6-9,14,16-17H,2-5,10-12H2,1H3,(H,22,23)/t14-,16-,17-/m0/s1. The predicted octanol–water partition coefficient (Wildman–Crippen LogP) is 1.96. The lowest BCUT2D eigenvalue weighted by Crippen LogP contribution is -2.46. The van der Waals surface area contributed by atoms with Crippen LogP contribution >= 0.6 is 0 Å². The van der Waals surface area contributed by atoms with Crippen molar-refractivity contribution in [3.05, 3.63) is 29.8 Å². The number of aliphatic carboxylic acids is 1. The highest BCUT2D eigenvalue weighted by atomic mass is 32.2. The van der Waals surface area contributed by atoms with Crippen molar-refractivity contribution in [3.63, 3.8) is 0 Å². The van der Waals surface area contributed by atoms with Gasteiger partial charge in [0.15, 0.2) is 9.84 Å². The Labute approximate surface area is 159 Å². The van der Waals surface area contributed by atoms with Crippen molar-refractivity contribution in [1.82, 2.24) is 4.90 Å². The third-order valence-corrected chi connectivity index (χ3v) is 7.32. The Morgan fingerprint density at radius 1 is 1.19 bits per heavy atom. The van der Waals surface area contributed by atoms with Crippen molar-refractivity contribution in [2.45, 2.75) is 49.1 Å². The number of hydrogen-bond acceptors (Lipinski definition) is 5. The number of fused-ring (bicyclic) bond motifs is 1. The first kappa shape index (κ1) is 19.8. The fraction of sp³-hybridized carbons (Fsp3) is 0.579. The third kappa shape index (κ3) is 4.01. The van der Waals surface area contributed by atoms with Crippen molar-refractivity contribution in [2.24, 2.45) is 5.92 Å². The zero-order valence-corrected chi connectivity index (χ0v) is 16.2. The lowest BCUT2D eigenvalue weighted by atomic mass is 9.84. The molecule has 0 unspecified atom stereocenters. The molecule has 1 heterocycles. The Morgan fingerprint density at radius 2 is 1.85 bits per heavy atom. The van der Waals surface area contributed by atoms with E-state index in [0.29, 0.717) is 12.0 Å². The number of carboxylic acid groups (broad SMARTS) is 1. The Bertz CT molecular complexity index is 804. The van der Waals surface area contributed by atoms with Crippen LogP contribution in [0.25, 0.3) is 0 Å². The number of rotatable bonds is 6. The summed E-state index contributed by atoms with van der Waals surface area (Å²) in [5, 5.41) is 9.57. The molecule has 1 saturated carbocycles. The molecular formula is C19H25NO6S. The molecule has 1 aliphatic heterocycles. The van der Waals surface area contributed by atoms with E-state index in [1.807, 2.05) is 0 Å². The molecule has 8 heteroatoms. The average Bonchev–Trinajstić information content (AvgIpc) is 3.06. The molecule has 7 nitrogen and oxygen atoms in total. The molecular weight excluding hydrogens is 370 g/mol. The van der Waals surface area contributed by atoms with E-state index in [9.17, 15) is 23.1 Å². The SMILES string of the molecule is COCCS(=O)(=O)c1ccc(C(=O)N2[C@H](C(=O)O)C[C@@H]3CCCC[C@@H]32)cc1. The number of sulfone groups is 1. The molecule has 1 aliphatic carbocycles. The van der Waals surface area contributed by atoms with E-state index >= 15 is 0 Å². The van der Waals surface area contributed by atoms with E-state index in [1.54, 1.807) is 0 Å². The molecule has 1 saturated heterocycles. The van der Waals surface area contributed by atoms with E-state index in [1.165, 1.54) is 36.3 Å². The van der Waals surface area contributed by atoms with Gasteiger partial charge in [0.25, 0.3) is 5.91 Å². The first-order valence-electron chi connectivity index (χ1n) is 9.22. The number of methoxy groups -OCH3 is 1. The van der Waals surface area contributed by atoms with Crippen molar-refractivity contribution in [3.8, 4) is 0 Å². The Balaban J connectivity index is 1.83. The van der Waals surface area contributed by atoms with Crippen molar-refractivity contribution in [1.29, 1.82) is 0 Å². The molecule has 1 N–H and O–H groups in total. The van der Waals surface area contributed by atoms with Crippen molar-refractivity contribution in [2.75, 3.05) is 19.5 Å². The van der Waals surface area contributed by atoms with Gasteiger partial charge in [0.2, 0.25) is 0 Å². The predicted molar refractivity (Wildman–Crippen MR) is 98.3 cm³/mol. The summed E-state index contributed by atoms with van der Waals surface area (Å²) < 4.78 is 29.2. The Hall–Kier alpha value is -1.93. The highest BCUT2D eigenvalue weighted by Crippen LogP contribution is 2.40. The van der Waals surface area contributed by atoms with Gasteiger partial charge in [0.1, 0.15) is 6.04 Å². The van der Waals surface area contributed by atoms with E-state index in [4.69, 9.17) is 4.74 Å². The monoisotopic (exact) mass is 395 g/mol. The fourth-order valence-electron chi connectivity index (χ4n) is 4.24. The molecule has 2 aliphatic rings. The first-order chi connectivity index (χ1) is 12.8. The molecule has 1 aromatic carbocycles. The van der Waals surface area contributed by atoms with Gasteiger partial charge in [-0.25, -0.2) is 13.2 Å². The fourth-order valence-corrected chi connectivity index (χ4v) is 5.41. The van der Waals surface area contributed by atoms with Gasteiger partial charge in [0, 0.05) is 18.7 Å². The molecule has 27 heavy (non-hydrogen) atoms. The largest absolute Gasteiger partial charge is 0.480 e. The number of benzene rings is 1. The molecule has 0 spiro atoms.